The second-order valence-electron chi connectivity index (χ2n) is 6.49. The van der Waals surface area contributed by atoms with Crippen LogP contribution in [0.2, 0.25) is 0 Å². The normalized spacial score (nSPS) is 17.4. The molecule has 0 amide bonds. The molecule has 2 aromatic heterocycles. The van der Waals surface area contributed by atoms with Crippen molar-refractivity contribution in [1.82, 2.24) is 30.2 Å². The molecule has 1 aliphatic rings. The Kier molecular flexibility index (Phi) is 5.32. The van der Waals surface area contributed by atoms with Crippen LogP contribution in [0.4, 0.5) is 39.3 Å². The Morgan fingerprint density at radius 2 is 2.03 bits per heavy atom. The van der Waals surface area contributed by atoms with E-state index in [1.165, 1.54) is 9.58 Å². The third kappa shape index (κ3) is 4.71. The molecule has 15 heteroatoms. The zero-order chi connectivity index (χ0) is 21.4. The summed E-state index contributed by atoms with van der Waals surface area (Å²) in [4.78, 5) is 8.88. The van der Waals surface area contributed by atoms with Crippen molar-refractivity contribution in [1.29, 1.82) is 0 Å². The first kappa shape index (κ1) is 20.7. The van der Waals surface area contributed by atoms with Gasteiger partial charge in [0.1, 0.15) is 5.69 Å². The van der Waals surface area contributed by atoms with Crippen LogP contribution in [0.25, 0.3) is 0 Å². The molecule has 1 unspecified atom stereocenters. The van der Waals surface area contributed by atoms with Crippen LogP contribution in [0.5, 0.6) is 6.01 Å². The number of hydrogen-bond donors (Lipinski definition) is 2. The molecule has 3 rings (SSSR count). The summed E-state index contributed by atoms with van der Waals surface area (Å²) < 4.78 is 71.9. The van der Waals surface area contributed by atoms with E-state index in [-0.39, 0.29) is 30.4 Å². The molecule has 10 nitrogen and oxygen atoms in total. The number of nitrogens with two attached hydrogens (primary N) is 1. The number of nitrogen functional groups attached to an aromatic ring is 1. The number of tetrazole rings is 1. The molecule has 0 aliphatic carbocycles. The molecule has 0 saturated carbocycles. The van der Waals surface area contributed by atoms with Gasteiger partial charge in [0, 0.05) is 20.0 Å². The van der Waals surface area contributed by atoms with Crippen molar-refractivity contribution < 1.29 is 26.7 Å². The maximum absolute atomic E-state index is 13.6. The average molecular weight is 423 g/mol. The van der Waals surface area contributed by atoms with E-state index in [0.29, 0.717) is 5.82 Å². The van der Waals surface area contributed by atoms with Crippen LogP contribution < -0.4 is 20.7 Å². The number of ether oxygens (including phenoxy) is 1. The molecule has 1 atom stereocenters. The van der Waals surface area contributed by atoms with Crippen LogP contribution in [0.1, 0.15) is 19.2 Å². The molecule has 1 fully saturated rings. The zero-order valence-corrected chi connectivity index (χ0v) is 15.4. The number of halogens is 5. The first-order valence-corrected chi connectivity index (χ1v) is 8.45. The first-order valence-electron chi connectivity index (χ1n) is 8.45. The van der Waals surface area contributed by atoms with Gasteiger partial charge in [0.05, 0.1) is 13.1 Å². The predicted octanol–water partition coefficient (Wildman–Crippen LogP) is 1.37. The van der Waals surface area contributed by atoms with Crippen molar-refractivity contribution in [2.45, 2.75) is 38.1 Å². The van der Waals surface area contributed by atoms with Gasteiger partial charge >= 0.3 is 12.2 Å². The maximum atomic E-state index is 13.6. The molecule has 0 bridgehead atoms. The van der Waals surface area contributed by atoms with Crippen LogP contribution in [-0.4, -0.2) is 61.5 Å². The molecule has 3 N–H and O–H groups in total. The summed E-state index contributed by atoms with van der Waals surface area (Å²) in [5, 5.41) is 13.6. The summed E-state index contributed by atoms with van der Waals surface area (Å²) in [7, 11) is 1.58. The molecule has 0 spiro atoms. The Hall–Kier alpha value is -3.00. The Labute approximate surface area is 161 Å². The summed E-state index contributed by atoms with van der Waals surface area (Å²) >= 11 is 0. The van der Waals surface area contributed by atoms with E-state index < -0.39 is 37.2 Å². The summed E-state index contributed by atoms with van der Waals surface area (Å²) in [5.41, 5.74) is 5.90. The topological polar surface area (TPSA) is 120 Å². The summed E-state index contributed by atoms with van der Waals surface area (Å²) in [6.45, 7) is 0.0561. The third-order valence-electron chi connectivity index (χ3n) is 4.24. The largest absolute Gasteiger partial charge is 0.451 e. The second kappa shape index (κ2) is 7.44. The highest BCUT2D eigenvalue weighted by Crippen LogP contribution is 2.36. The smallest absolute Gasteiger partial charge is 0.425 e. The number of aromatic nitrogens is 6. The molecular weight excluding hydrogens is 405 g/mol. The average Bonchev–Trinajstić information content (AvgIpc) is 3.19. The quantitative estimate of drug-likeness (QED) is 0.664. The lowest BCUT2D eigenvalue weighted by Gasteiger charge is -2.22. The van der Waals surface area contributed by atoms with E-state index in [0.717, 1.165) is 6.92 Å². The molecule has 1 saturated heterocycles. The van der Waals surface area contributed by atoms with Crippen LogP contribution in [0.15, 0.2) is 0 Å². The lowest BCUT2D eigenvalue weighted by molar-refractivity contribution is -0.190. The fourth-order valence-corrected chi connectivity index (χ4v) is 2.57. The van der Waals surface area contributed by atoms with E-state index in [2.05, 4.69) is 30.8 Å². The van der Waals surface area contributed by atoms with Gasteiger partial charge in [0.25, 0.3) is 5.92 Å². The van der Waals surface area contributed by atoms with Crippen molar-refractivity contribution in [3.63, 3.8) is 0 Å². The minimum Gasteiger partial charge on any atom is -0.451 e. The highest BCUT2D eigenvalue weighted by molar-refractivity contribution is 5.76. The van der Waals surface area contributed by atoms with Crippen molar-refractivity contribution >= 4 is 17.3 Å². The van der Waals surface area contributed by atoms with Crippen LogP contribution in [0.3, 0.4) is 0 Å². The SMILES string of the molecule is CC(Oc1nc(NCc2nnnn2C)c(N)c(N2CCC(F)(F)C2)n1)C(F)(F)F. The molecular formula is C14H18F5N9O. The minimum absolute atomic E-state index is 0.0224. The van der Waals surface area contributed by atoms with Crippen LogP contribution in [-0.2, 0) is 13.6 Å². The predicted molar refractivity (Wildman–Crippen MR) is 90.5 cm³/mol. The number of aryl methyl sites for hydroxylation is 1. The Balaban J connectivity index is 1.91. The number of nitrogens with zero attached hydrogens (tertiary/aromatic N) is 7. The van der Waals surface area contributed by atoms with E-state index in [4.69, 9.17) is 10.5 Å². The molecule has 2 aromatic rings. The molecule has 29 heavy (non-hydrogen) atoms. The molecule has 1 aliphatic heterocycles. The highest BCUT2D eigenvalue weighted by Gasteiger charge is 2.41. The monoisotopic (exact) mass is 423 g/mol. The van der Waals surface area contributed by atoms with Crippen molar-refractivity contribution in [2.75, 3.05) is 29.0 Å². The fourth-order valence-electron chi connectivity index (χ4n) is 2.57. The molecule has 0 radical (unpaired) electrons. The Bertz CT molecular complexity index is 872. The van der Waals surface area contributed by atoms with Crippen LogP contribution >= 0.6 is 0 Å². The van der Waals surface area contributed by atoms with E-state index in [1.807, 2.05) is 0 Å². The Morgan fingerprint density at radius 1 is 1.31 bits per heavy atom. The lowest BCUT2D eigenvalue weighted by atomic mass is 10.3. The van der Waals surface area contributed by atoms with Crippen molar-refractivity contribution in [3.05, 3.63) is 5.82 Å². The number of rotatable bonds is 6. The first-order chi connectivity index (χ1) is 13.5. The lowest BCUT2D eigenvalue weighted by Crippen LogP contribution is -2.32. The number of anilines is 3. The van der Waals surface area contributed by atoms with Gasteiger partial charge in [-0.05, 0) is 17.4 Å². The highest BCUT2D eigenvalue weighted by atomic mass is 19.4. The summed E-state index contributed by atoms with van der Waals surface area (Å²) in [6.07, 6.45) is -7.31. The molecule has 0 aromatic carbocycles. The fraction of sp³-hybridized carbons (Fsp3) is 0.643. The standard InChI is InChI=1S/C14H18F5N9O/c1-7(14(17,18)19)29-12-22-10(21-5-8-24-25-26-27(8)2)9(20)11(23-12)28-4-3-13(15,16)6-28/h7H,3-6,20H2,1-2H3,(H,21,22,23). The third-order valence-corrected chi connectivity index (χ3v) is 4.24. The van der Waals surface area contributed by atoms with Gasteiger partial charge in [-0.2, -0.15) is 23.1 Å². The summed E-state index contributed by atoms with van der Waals surface area (Å²) in [6, 6.07) is -0.646. The van der Waals surface area contributed by atoms with Gasteiger partial charge in [-0.25, -0.2) is 13.5 Å². The van der Waals surface area contributed by atoms with E-state index >= 15 is 0 Å². The van der Waals surface area contributed by atoms with E-state index in [9.17, 15) is 22.0 Å². The van der Waals surface area contributed by atoms with Gasteiger partial charge in [-0.1, -0.05) is 0 Å². The zero-order valence-electron chi connectivity index (χ0n) is 15.4. The second-order valence-corrected chi connectivity index (χ2v) is 6.49. The van der Waals surface area contributed by atoms with Crippen LogP contribution in [0, 0.1) is 0 Å². The minimum atomic E-state index is -4.66. The van der Waals surface area contributed by atoms with Gasteiger partial charge in [0.15, 0.2) is 23.6 Å². The molecule has 3 heterocycles. The Morgan fingerprint density at radius 3 is 2.59 bits per heavy atom. The number of alkyl halides is 5. The number of hydrogen-bond acceptors (Lipinski definition) is 9. The van der Waals surface area contributed by atoms with E-state index in [1.54, 1.807) is 7.05 Å². The van der Waals surface area contributed by atoms with Gasteiger partial charge < -0.3 is 20.7 Å². The number of nitrogens with one attached hydrogen (secondary N) is 1. The van der Waals surface area contributed by atoms with Crippen molar-refractivity contribution in [3.8, 4) is 6.01 Å². The van der Waals surface area contributed by atoms with Gasteiger partial charge in [-0.15, -0.1) is 5.10 Å². The van der Waals surface area contributed by atoms with Crippen molar-refractivity contribution in [2.24, 2.45) is 7.05 Å². The van der Waals surface area contributed by atoms with Gasteiger partial charge in [0.2, 0.25) is 0 Å². The summed E-state index contributed by atoms with van der Waals surface area (Å²) in [5.74, 6) is -2.81. The van der Waals surface area contributed by atoms with Gasteiger partial charge in [-0.3, -0.25) is 0 Å². The molecule has 160 valence electrons. The maximum Gasteiger partial charge on any atom is 0.425 e.